The first-order chi connectivity index (χ1) is 7.11. The van der Waals surface area contributed by atoms with Gasteiger partial charge in [0.05, 0.1) is 19.9 Å². The zero-order valence-electron chi connectivity index (χ0n) is 8.93. The van der Waals surface area contributed by atoms with Crippen molar-refractivity contribution in [1.29, 1.82) is 0 Å². The molecule has 0 spiro atoms. The Hall–Kier alpha value is -1.56. The van der Waals surface area contributed by atoms with Gasteiger partial charge in [0.2, 0.25) is 0 Å². The number of aliphatic hydroxyl groups is 1. The molecule has 1 heterocycles. The summed E-state index contributed by atoms with van der Waals surface area (Å²) in [5.74, 6) is -0.350. The van der Waals surface area contributed by atoms with Crippen molar-refractivity contribution in [1.82, 2.24) is 9.78 Å². The third kappa shape index (κ3) is 2.27. The number of aliphatic hydroxyl groups excluding tert-OH is 1. The Kier molecular flexibility index (Phi) is 3.68. The van der Waals surface area contributed by atoms with Crippen LogP contribution in [0.3, 0.4) is 0 Å². The largest absolute Gasteiger partial charge is 0.493 e. The lowest BCUT2D eigenvalue weighted by Gasteiger charge is -2.11. The van der Waals surface area contributed by atoms with Gasteiger partial charge in [0, 0.05) is 7.05 Å². The van der Waals surface area contributed by atoms with Gasteiger partial charge < -0.3 is 14.6 Å². The van der Waals surface area contributed by atoms with Gasteiger partial charge >= 0.3 is 5.97 Å². The van der Waals surface area contributed by atoms with Gasteiger partial charge in [-0.1, -0.05) is 0 Å². The molecule has 0 bridgehead atoms. The van der Waals surface area contributed by atoms with Gasteiger partial charge in [-0.2, -0.15) is 5.10 Å². The van der Waals surface area contributed by atoms with Gasteiger partial charge in [0.15, 0.2) is 11.9 Å². The third-order valence-electron chi connectivity index (χ3n) is 1.94. The zero-order chi connectivity index (χ0) is 11.4. The highest BCUT2D eigenvalue weighted by Crippen LogP contribution is 2.24. The average Bonchev–Trinajstić information content (AvgIpc) is 2.58. The Balaban J connectivity index is 2.93. The van der Waals surface area contributed by atoms with Crippen LogP contribution in [-0.4, -0.2) is 34.6 Å². The van der Waals surface area contributed by atoms with Crippen LogP contribution in [0.15, 0.2) is 6.20 Å². The van der Waals surface area contributed by atoms with Gasteiger partial charge in [-0.25, -0.2) is 4.79 Å². The van der Waals surface area contributed by atoms with Crippen LogP contribution in [0.1, 0.15) is 18.7 Å². The zero-order valence-corrected chi connectivity index (χ0v) is 8.93. The summed E-state index contributed by atoms with van der Waals surface area (Å²) in [5, 5.41) is 13.6. The second-order valence-electron chi connectivity index (χ2n) is 2.88. The molecular formula is C9H14N2O4. The van der Waals surface area contributed by atoms with Crippen molar-refractivity contribution in [2.45, 2.75) is 13.0 Å². The molecule has 6 heteroatoms. The Labute approximate surface area is 87.4 Å². The highest BCUT2D eigenvalue weighted by molar-refractivity contribution is 5.76. The van der Waals surface area contributed by atoms with Crippen LogP contribution < -0.4 is 4.74 Å². The SMILES string of the molecule is CCOC(=O)C(O)c1c(OC)cnn1C. The monoisotopic (exact) mass is 214 g/mol. The topological polar surface area (TPSA) is 73.6 Å². The molecule has 0 saturated heterocycles. The highest BCUT2D eigenvalue weighted by Gasteiger charge is 2.26. The number of hydrogen-bond donors (Lipinski definition) is 1. The van der Waals surface area contributed by atoms with Crippen molar-refractivity contribution in [2.24, 2.45) is 7.05 Å². The van der Waals surface area contributed by atoms with E-state index in [-0.39, 0.29) is 12.3 Å². The molecule has 84 valence electrons. The molecule has 1 aromatic heterocycles. The molecule has 0 aliphatic heterocycles. The maximum atomic E-state index is 11.3. The minimum absolute atomic E-state index is 0.218. The highest BCUT2D eigenvalue weighted by atomic mass is 16.5. The van der Waals surface area contributed by atoms with Gasteiger partial charge in [0.25, 0.3) is 0 Å². The summed E-state index contributed by atoms with van der Waals surface area (Å²) in [6.45, 7) is 1.89. The lowest BCUT2D eigenvalue weighted by molar-refractivity contribution is -0.153. The van der Waals surface area contributed by atoms with Gasteiger partial charge in [-0.3, -0.25) is 4.68 Å². The standard InChI is InChI=1S/C9H14N2O4/c1-4-15-9(13)8(12)7-6(14-3)5-10-11(7)2/h5,8,12H,4H2,1-3H3. The predicted octanol–water partition coefficient (Wildman–Crippen LogP) is 0.0252. The molecule has 1 rings (SSSR count). The molecule has 1 atom stereocenters. The maximum Gasteiger partial charge on any atom is 0.341 e. The predicted molar refractivity (Wildman–Crippen MR) is 51.4 cm³/mol. The van der Waals surface area contributed by atoms with E-state index in [1.807, 2.05) is 0 Å². The van der Waals surface area contributed by atoms with Crippen LogP contribution >= 0.6 is 0 Å². The number of carbonyl (C=O) groups is 1. The fourth-order valence-corrected chi connectivity index (χ4v) is 1.23. The number of hydrogen-bond acceptors (Lipinski definition) is 5. The van der Waals surface area contributed by atoms with E-state index in [0.717, 1.165) is 0 Å². The van der Waals surface area contributed by atoms with Crippen molar-refractivity contribution in [3.8, 4) is 5.75 Å². The van der Waals surface area contributed by atoms with Crippen LogP contribution in [0.25, 0.3) is 0 Å². The van der Waals surface area contributed by atoms with Gasteiger partial charge in [-0.05, 0) is 6.92 Å². The molecule has 0 aromatic carbocycles. The van der Waals surface area contributed by atoms with Crippen LogP contribution in [0.5, 0.6) is 5.75 Å². The molecule has 6 nitrogen and oxygen atoms in total. The summed E-state index contributed by atoms with van der Waals surface area (Å²) in [6, 6.07) is 0. The van der Waals surface area contributed by atoms with Crippen LogP contribution in [0.4, 0.5) is 0 Å². The number of esters is 1. The van der Waals surface area contributed by atoms with Crippen LogP contribution in [0, 0.1) is 0 Å². The van der Waals surface area contributed by atoms with Gasteiger partial charge in [-0.15, -0.1) is 0 Å². The van der Waals surface area contributed by atoms with Crippen molar-refractivity contribution >= 4 is 5.97 Å². The van der Waals surface area contributed by atoms with Gasteiger partial charge in [0.1, 0.15) is 5.69 Å². The smallest absolute Gasteiger partial charge is 0.341 e. The summed E-state index contributed by atoms with van der Waals surface area (Å²) >= 11 is 0. The Bertz CT molecular complexity index is 348. The molecule has 0 radical (unpaired) electrons. The summed E-state index contributed by atoms with van der Waals surface area (Å²) in [7, 11) is 3.05. The van der Waals surface area contributed by atoms with E-state index >= 15 is 0 Å². The minimum atomic E-state index is -1.37. The molecule has 0 fully saturated rings. The first-order valence-corrected chi connectivity index (χ1v) is 4.52. The first kappa shape index (κ1) is 11.5. The van der Waals surface area contributed by atoms with E-state index < -0.39 is 12.1 Å². The normalized spacial score (nSPS) is 12.3. The molecule has 0 saturated carbocycles. The van der Waals surface area contributed by atoms with Crippen LogP contribution in [0.2, 0.25) is 0 Å². The number of aromatic nitrogens is 2. The molecule has 0 aliphatic rings. The summed E-state index contributed by atoms with van der Waals surface area (Å²) in [6.07, 6.45) is 0.0602. The maximum absolute atomic E-state index is 11.3. The van der Waals surface area contributed by atoms with E-state index in [0.29, 0.717) is 5.75 Å². The first-order valence-electron chi connectivity index (χ1n) is 4.52. The van der Waals surface area contributed by atoms with E-state index in [9.17, 15) is 9.90 Å². The molecule has 1 unspecified atom stereocenters. The Morgan fingerprint density at radius 3 is 2.93 bits per heavy atom. The molecule has 1 N–H and O–H groups in total. The second kappa shape index (κ2) is 4.79. The Morgan fingerprint density at radius 2 is 2.40 bits per heavy atom. The van der Waals surface area contributed by atoms with E-state index in [1.54, 1.807) is 14.0 Å². The summed E-state index contributed by atoms with van der Waals surface area (Å²) in [4.78, 5) is 11.3. The molecule has 15 heavy (non-hydrogen) atoms. The fraction of sp³-hybridized carbons (Fsp3) is 0.556. The molecule has 0 aliphatic carbocycles. The number of methoxy groups -OCH3 is 1. The fourth-order valence-electron chi connectivity index (χ4n) is 1.23. The lowest BCUT2D eigenvalue weighted by Crippen LogP contribution is -2.18. The second-order valence-corrected chi connectivity index (χ2v) is 2.88. The van der Waals surface area contributed by atoms with Crippen molar-refractivity contribution in [3.05, 3.63) is 11.9 Å². The molecule has 0 amide bonds. The summed E-state index contributed by atoms with van der Waals surface area (Å²) in [5.41, 5.74) is 0.288. The van der Waals surface area contributed by atoms with Crippen molar-refractivity contribution in [3.63, 3.8) is 0 Å². The number of ether oxygens (including phenoxy) is 2. The van der Waals surface area contributed by atoms with E-state index in [4.69, 9.17) is 9.47 Å². The Morgan fingerprint density at radius 1 is 1.73 bits per heavy atom. The average molecular weight is 214 g/mol. The van der Waals surface area contributed by atoms with Crippen molar-refractivity contribution < 1.29 is 19.4 Å². The van der Waals surface area contributed by atoms with Crippen LogP contribution in [-0.2, 0) is 16.6 Å². The number of nitrogens with zero attached hydrogens (tertiary/aromatic N) is 2. The third-order valence-corrected chi connectivity index (χ3v) is 1.94. The lowest BCUT2D eigenvalue weighted by atomic mass is 10.2. The minimum Gasteiger partial charge on any atom is -0.493 e. The molecule has 1 aromatic rings. The number of carbonyl (C=O) groups excluding carboxylic acids is 1. The quantitative estimate of drug-likeness (QED) is 0.715. The number of rotatable bonds is 4. The van der Waals surface area contributed by atoms with Crippen molar-refractivity contribution in [2.75, 3.05) is 13.7 Å². The number of aryl methyl sites for hydroxylation is 1. The molecular weight excluding hydrogens is 200 g/mol. The van der Waals surface area contributed by atoms with E-state index in [2.05, 4.69) is 5.10 Å². The summed E-state index contributed by atoms with van der Waals surface area (Å²) < 4.78 is 11.0. The van der Waals surface area contributed by atoms with E-state index in [1.165, 1.54) is 18.0 Å².